The molecule has 0 saturated carbocycles. The van der Waals surface area contributed by atoms with Crippen LogP contribution in [-0.2, 0) is 4.74 Å². The van der Waals surface area contributed by atoms with Gasteiger partial charge in [0.25, 0.3) is 0 Å². The van der Waals surface area contributed by atoms with Crippen molar-refractivity contribution in [2.24, 2.45) is 5.92 Å². The smallest absolute Gasteiger partial charge is 0.0545 e. The molecule has 0 amide bonds. The van der Waals surface area contributed by atoms with Gasteiger partial charge in [-0.15, -0.1) is 0 Å². The zero-order valence-corrected chi connectivity index (χ0v) is 6.98. The molecule has 0 aromatic heterocycles. The molecule has 0 aromatic carbocycles. The molecule has 0 bridgehead atoms. The average Bonchev–Trinajstić information content (AvgIpc) is 1.87. The largest absolute Gasteiger partial charge is 0.382 e. The lowest BCUT2D eigenvalue weighted by atomic mass is 10.0. The maximum atomic E-state index is 5.12. The Morgan fingerprint density at radius 3 is 2.22 bits per heavy atom. The molecule has 0 radical (unpaired) electrons. The van der Waals surface area contributed by atoms with E-state index in [0.717, 1.165) is 5.92 Å². The van der Waals surface area contributed by atoms with Crippen LogP contribution in [-0.4, -0.2) is 13.2 Å². The zero-order valence-electron chi connectivity index (χ0n) is 6.98. The molecule has 1 heteroatoms. The maximum absolute atomic E-state index is 5.12. The summed E-state index contributed by atoms with van der Waals surface area (Å²) in [4.78, 5) is 0. The summed E-state index contributed by atoms with van der Waals surface area (Å²) in [5.41, 5.74) is 0. The van der Waals surface area contributed by atoms with Crippen molar-refractivity contribution >= 4 is 0 Å². The lowest BCUT2D eigenvalue weighted by Crippen LogP contribution is -2.09. The van der Waals surface area contributed by atoms with E-state index in [1.54, 1.807) is 7.11 Å². The van der Waals surface area contributed by atoms with Crippen LogP contribution in [0.5, 0.6) is 0 Å². The summed E-state index contributed by atoms with van der Waals surface area (Å²) < 4.78 is 5.12. The van der Waals surface area contributed by atoms with E-state index in [-0.39, 0.29) is 0 Å². The van der Waals surface area contributed by atoms with Gasteiger partial charge in [-0.1, -0.05) is 20.3 Å². The van der Waals surface area contributed by atoms with Gasteiger partial charge in [0.1, 0.15) is 0 Å². The minimum atomic E-state index is 0.431. The van der Waals surface area contributed by atoms with E-state index >= 15 is 0 Å². The van der Waals surface area contributed by atoms with Crippen molar-refractivity contribution in [1.29, 1.82) is 0 Å². The van der Waals surface area contributed by atoms with Gasteiger partial charge in [-0.2, -0.15) is 0 Å². The number of hydrogen-bond donors (Lipinski definition) is 0. The monoisotopic (exact) mass is 130 g/mol. The van der Waals surface area contributed by atoms with Gasteiger partial charge in [-0.25, -0.2) is 0 Å². The molecule has 0 heterocycles. The summed E-state index contributed by atoms with van der Waals surface area (Å²) in [7, 11) is 1.77. The van der Waals surface area contributed by atoms with E-state index in [1.165, 1.54) is 12.8 Å². The Balaban J connectivity index is 3.22. The topological polar surface area (TPSA) is 9.23 Å². The molecule has 0 aliphatic carbocycles. The normalized spacial score (nSPS) is 17.3. The van der Waals surface area contributed by atoms with Gasteiger partial charge in [0.05, 0.1) is 6.10 Å². The number of hydrogen-bond acceptors (Lipinski definition) is 1. The summed E-state index contributed by atoms with van der Waals surface area (Å²) in [5, 5.41) is 0. The number of rotatable bonds is 4. The molecule has 0 aliphatic heterocycles. The van der Waals surface area contributed by atoms with Crippen LogP contribution in [0.25, 0.3) is 0 Å². The zero-order chi connectivity index (χ0) is 7.28. The fraction of sp³-hybridized carbons (Fsp3) is 1.00. The number of ether oxygens (including phenoxy) is 1. The second-order valence-corrected chi connectivity index (χ2v) is 2.80. The molecule has 0 saturated heterocycles. The Morgan fingerprint density at radius 2 is 1.89 bits per heavy atom. The standard InChI is InChI=1S/C8H18O/c1-5-7(2)6-8(3)9-4/h7-8H,5-6H2,1-4H3. The summed E-state index contributed by atoms with van der Waals surface area (Å²) in [6.45, 7) is 6.59. The highest BCUT2D eigenvalue weighted by atomic mass is 16.5. The molecule has 0 rings (SSSR count). The molecule has 0 N–H and O–H groups in total. The fourth-order valence-electron chi connectivity index (χ4n) is 0.830. The Morgan fingerprint density at radius 1 is 1.33 bits per heavy atom. The van der Waals surface area contributed by atoms with E-state index in [1.807, 2.05) is 0 Å². The highest BCUT2D eigenvalue weighted by Gasteiger charge is 2.04. The fourth-order valence-corrected chi connectivity index (χ4v) is 0.830. The van der Waals surface area contributed by atoms with Gasteiger partial charge in [-0.05, 0) is 19.3 Å². The predicted molar refractivity (Wildman–Crippen MR) is 40.5 cm³/mol. The molecule has 0 spiro atoms. The first-order chi connectivity index (χ1) is 4.20. The van der Waals surface area contributed by atoms with Crippen molar-refractivity contribution in [3.63, 3.8) is 0 Å². The second kappa shape index (κ2) is 4.80. The maximum Gasteiger partial charge on any atom is 0.0545 e. The Bertz CT molecular complexity index is 53.6. The molecule has 1 nitrogen and oxygen atoms in total. The predicted octanol–water partition coefficient (Wildman–Crippen LogP) is 2.46. The Kier molecular flexibility index (Phi) is 4.78. The van der Waals surface area contributed by atoms with E-state index in [4.69, 9.17) is 4.74 Å². The molecule has 0 aromatic rings. The van der Waals surface area contributed by atoms with Crippen molar-refractivity contribution in [3.05, 3.63) is 0 Å². The minimum Gasteiger partial charge on any atom is -0.382 e. The molecular formula is C8H18O. The van der Waals surface area contributed by atoms with E-state index in [0.29, 0.717) is 6.10 Å². The third-order valence-electron chi connectivity index (χ3n) is 1.83. The third-order valence-corrected chi connectivity index (χ3v) is 1.83. The van der Waals surface area contributed by atoms with Gasteiger partial charge < -0.3 is 4.74 Å². The van der Waals surface area contributed by atoms with Crippen molar-refractivity contribution < 1.29 is 4.74 Å². The van der Waals surface area contributed by atoms with Crippen molar-refractivity contribution in [2.75, 3.05) is 7.11 Å². The minimum absolute atomic E-state index is 0.431. The summed E-state index contributed by atoms with van der Waals surface area (Å²) >= 11 is 0. The Labute approximate surface area is 58.4 Å². The van der Waals surface area contributed by atoms with E-state index in [2.05, 4.69) is 20.8 Å². The van der Waals surface area contributed by atoms with Gasteiger partial charge in [0.2, 0.25) is 0 Å². The van der Waals surface area contributed by atoms with Crippen LogP contribution >= 0.6 is 0 Å². The summed E-state index contributed by atoms with van der Waals surface area (Å²) in [6.07, 6.45) is 2.88. The molecular weight excluding hydrogens is 112 g/mol. The highest BCUT2D eigenvalue weighted by Crippen LogP contribution is 2.10. The van der Waals surface area contributed by atoms with Crippen LogP contribution in [0, 0.1) is 5.92 Å². The van der Waals surface area contributed by atoms with Gasteiger partial charge in [-0.3, -0.25) is 0 Å². The molecule has 9 heavy (non-hydrogen) atoms. The van der Waals surface area contributed by atoms with Crippen molar-refractivity contribution in [2.45, 2.75) is 39.7 Å². The molecule has 0 aliphatic rings. The SMILES string of the molecule is CCC(C)CC(C)OC. The third kappa shape index (κ3) is 4.46. The lowest BCUT2D eigenvalue weighted by molar-refractivity contribution is 0.0968. The van der Waals surface area contributed by atoms with E-state index in [9.17, 15) is 0 Å². The first-order valence-corrected chi connectivity index (χ1v) is 3.73. The second-order valence-electron chi connectivity index (χ2n) is 2.80. The average molecular weight is 130 g/mol. The molecule has 2 unspecified atom stereocenters. The van der Waals surface area contributed by atoms with E-state index < -0.39 is 0 Å². The van der Waals surface area contributed by atoms with Crippen LogP contribution in [0.15, 0.2) is 0 Å². The van der Waals surface area contributed by atoms with Crippen molar-refractivity contribution in [1.82, 2.24) is 0 Å². The van der Waals surface area contributed by atoms with Crippen LogP contribution < -0.4 is 0 Å². The molecule has 56 valence electrons. The molecule has 0 fully saturated rings. The number of methoxy groups -OCH3 is 1. The van der Waals surface area contributed by atoms with Crippen molar-refractivity contribution in [3.8, 4) is 0 Å². The summed E-state index contributed by atoms with van der Waals surface area (Å²) in [6, 6.07) is 0. The first kappa shape index (κ1) is 8.96. The highest BCUT2D eigenvalue weighted by molar-refractivity contribution is 4.55. The van der Waals surface area contributed by atoms with Crippen LogP contribution in [0.3, 0.4) is 0 Å². The van der Waals surface area contributed by atoms with Gasteiger partial charge in [0, 0.05) is 7.11 Å². The first-order valence-electron chi connectivity index (χ1n) is 3.73. The van der Waals surface area contributed by atoms with Crippen LogP contribution in [0.4, 0.5) is 0 Å². The quantitative estimate of drug-likeness (QED) is 0.568. The van der Waals surface area contributed by atoms with Gasteiger partial charge in [0.15, 0.2) is 0 Å². The van der Waals surface area contributed by atoms with Gasteiger partial charge >= 0.3 is 0 Å². The van der Waals surface area contributed by atoms with Crippen LogP contribution in [0.1, 0.15) is 33.6 Å². The Hall–Kier alpha value is -0.0400. The lowest BCUT2D eigenvalue weighted by Gasteiger charge is -2.13. The van der Waals surface area contributed by atoms with Crippen LogP contribution in [0.2, 0.25) is 0 Å². The summed E-state index contributed by atoms with van der Waals surface area (Å²) in [5.74, 6) is 0.806. The molecule has 2 atom stereocenters.